The summed E-state index contributed by atoms with van der Waals surface area (Å²) in [4.78, 5) is 25.2. The van der Waals surface area contributed by atoms with Gasteiger partial charge in [0.05, 0.1) is 16.7 Å². The van der Waals surface area contributed by atoms with E-state index >= 15 is 0 Å². The second-order valence-corrected chi connectivity index (χ2v) is 3.61. The number of benzene rings is 1. The van der Waals surface area contributed by atoms with E-state index in [1.165, 1.54) is 36.5 Å². The van der Waals surface area contributed by atoms with E-state index < -0.39 is 16.6 Å². The molecule has 1 heterocycles. The number of nitrogens with one attached hydrogen (secondary N) is 1. The van der Waals surface area contributed by atoms with Gasteiger partial charge in [-0.2, -0.15) is 0 Å². The number of pyridine rings is 1. The molecule has 0 aliphatic heterocycles. The largest absolute Gasteiger partial charge is 0.322 e. The van der Waals surface area contributed by atoms with Gasteiger partial charge >= 0.3 is 0 Å². The average molecular weight is 261 g/mol. The van der Waals surface area contributed by atoms with Crippen LogP contribution in [0.4, 0.5) is 15.8 Å². The second kappa shape index (κ2) is 5.21. The summed E-state index contributed by atoms with van der Waals surface area (Å²) in [7, 11) is 0. The fraction of sp³-hybridized carbons (Fsp3) is 0. The zero-order valence-corrected chi connectivity index (χ0v) is 9.54. The quantitative estimate of drug-likeness (QED) is 0.679. The van der Waals surface area contributed by atoms with Gasteiger partial charge in [0.25, 0.3) is 11.6 Å². The van der Waals surface area contributed by atoms with Crippen molar-refractivity contribution in [3.05, 3.63) is 64.2 Å². The number of hydrogen-bond donors (Lipinski definition) is 1. The maximum absolute atomic E-state index is 13.3. The summed E-state index contributed by atoms with van der Waals surface area (Å²) in [5.74, 6) is -1.38. The van der Waals surface area contributed by atoms with Crippen molar-refractivity contribution in [1.29, 1.82) is 0 Å². The fourth-order valence-corrected chi connectivity index (χ4v) is 1.42. The number of rotatable bonds is 3. The van der Waals surface area contributed by atoms with Gasteiger partial charge in [-0.3, -0.25) is 19.9 Å². The smallest absolute Gasteiger partial charge is 0.269 e. The Morgan fingerprint density at radius 1 is 1.26 bits per heavy atom. The molecule has 0 aliphatic rings. The van der Waals surface area contributed by atoms with Crippen molar-refractivity contribution in [3.63, 3.8) is 0 Å². The number of nitro groups is 1. The minimum Gasteiger partial charge on any atom is -0.322 e. The van der Waals surface area contributed by atoms with E-state index in [9.17, 15) is 19.3 Å². The van der Waals surface area contributed by atoms with E-state index in [4.69, 9.17) is 0 Å². The van der Waals surface area contributed by atoms with Crippen LogP contribution in [0, 0.1) is 15.9 Å². The molecule has 1 N–H and O–H groups in total. The number of aromatic nitrogens is 1. The van der Waals surface area contributed by atoms with Gasteiger partial charge in [-0.15, -0.1) is 0 Å². The molecular weight excluding hydrogens is 253 g/mol. The summed E-state index contributed by atoms with van der Waals surface area (Å²) in [5, 5.41) is 12.9. The highest BCUT2D eigenvalue weighted by molar-refractivity contribution is 6.04. The molecule has 0 saturated heterocycles. The summed E-state index contributed by atoms with van der Waals surface area (Å²) < 4.78 is 13.3. The number of anilines is 1. The van der Waals surface area contributed by atoms with Gasteiger partial charge in [0.2, 0.25) is 0 Å². The first kappa shape index (κ1) is 12.6. The number of amides is 1. The summed E-state index contributed by atoms with van der Waals surface area (Å²) in [6.45, 7) is 0. The van der Waals surface area contributed by atoms with Crippen molar-refractivity contribution in [2.75, 3.05) is 5.32 Å². The molecule has 0 aliphatic carbocycles. The molecule has 0 atom stereocenters. The maximum atomic E-state index is 13.3. The minimum atomic E-state index is -0.734. The van der Waals surface area contributed by atoms with Crippen LogP contribution in [0.2, 0.25) is 0 Å². The van der Waals surface area contributed by atoms with Gasteiger partial charge in [-0.1, -0.05) is 0 Å². The molecule has 2 aromatic rings. The predicted octanol–water partition coefficient (Wildman–Crippen LogP) is 2.38. The zero-order chi connectivity index (χ0) is 13.8. The Morgan fingerprint density at radius 2 is 1.95 bits per heavy atom. The monoisotopic (exact) mass is 261 g/mol. The van der Waals surface area contributed by atoms with E-state index in [0.29, 0.717) is 5.69 Å². The Balaban J connectivity index is 2.15. The Hall–Kier alpha value is -2.83. The van der Waals surface area contributed by atoms with Crippen molar-refractivity contribution in [2.24, 2.45) is 0 Å². The zero-order valence-electron chi connectivity index (χ0n) is 9.54. The van der Waals surface area contributed by atoms with Crippen LogP contribution in [-0.4, -0.2) is 15.8 Å². The normalized spacial score (nSPS) is 9.95. The molecular formula is C12H8FN3O3. The molecule has 0 bridgehead atoms. The lowest BCUT2D eigenvalue weighted by Gasteiger charge is -2.05. The molecule has 1 aromatic heterocycles. The van der Waals surface area contributed by atoms with E-state index in [1.807, 2.05) is 0 Å². The Kier molecular flexibility index (Phi) is 3.46. The molecule has 7 heteroatoms. The third-order valence-corrected chi connectivity index (χ3v) is 2.35. The van der Waals surface area contributed by atoms with E-state index in [-0.39, 0.29) is 11.3 Å². The number of hydrogen-bond acceptors (Lipinski definition) is 4. The first-order valence-electron chi connectivity index (χ1n) is 5.23. The highest BCUT2D eigenvalue weighted by atomic mass is 19.1. The number of nitrogens with zero attached hydrogens (tertiary/aromatic N) is 2. The number of nitro benzene ring substituents is 1. The fourth-order valence-electron chi connectivity index (χ4n) is 1.42. The van der Waals surface area contributed by atoms with Crippen LogP contribution >= 0.6 is 0 Å². The van der Waals surface area contributed by atoms with E-state index in [2.05, 4.69) is 10.3 Å². The molecule has 0 spiro atoms. The molecule has 1 aromatic carbocycles. The van der Waals surface area contributed by atoms with Crippen LogP contribution in [0.1, 0.15) is 10.4 Å². The van der Waals surface area contributed by atoms with Crippen molar-refractivity contribution >= 4 is 17.3 Å². The molecule has 6 nitrogen and oxygen atoms in total. The second-order valence-electron chi connectivity index (χ2n) is 3.61. The van der Waals surface area contributed by atoms with Gasteiger partial charge < -0.3 is 5.32 Å². The molecule has 0 saturated carbocycles. The first-order valence-corrected chi connectivity index (χ1v) is 5.23. The summed E-state index contributed by atoms with van der Waals surface area (Å²) in [5.41, 5.74) is 0.105. The van der Waals surface area contributed by atoms with Gasteiger partial charge in [0.1, 0.15) is 0 Å². The standard InChI is InChI=1S/C12H8FN3O3/c13-11-7-14-6-5-10(11)12(17)15-8-1-3-9(4-2-8)16(18)19/h1-7H,(H,15,17). The highest BCUT2D eigenvalue weighted by Gasteiger charge is 2.12. The predicted molar refractivity (Wildman–Crippen MR) is 65.2 cm³/mol. The molecule has 0 radical (unpaired) electrons. The van der Waals surface area contributed by atoms with Crippen molar-refractivity contribution in [3.8, 4) is 0 Å². The topological polar surface area (TPSA) is 85.1 Å². The van der Waals surface area contributed by atoms with Gasteiger partial charge in [-0.25, -0.2) is 4.39 Å². The van der Waals surface area contributed by atoms with Crippen molar-refractivity contribution in [1.82, 2.24) is 4.98 Å². The Labute approximate surface area is 107 Å². The minimum absolute atomic E-state index is 0.0897. The lowest BCUT2D eigenvalue weighted by atomic mass is 10.2. The molecule has 2 rings (SSSR count). The first-order chi connectivity index (χ1) is 9.08. The lowest BCUT2D eigenvalue weighted by molar-refractivity contribution is -0.384. The third-order valence-electron chi connectivity index (χ3n) is 2.35. The van der Waals surface area contributed by atoms with Crippen LogP contribution in [-0.2, 0) is 0 Å². The van der Waals surface area contributed by atoms with Gasteiger partial charge in [0.15, 0.2) is 5.82 Å². The van der Waals surface area contributed by atoms with Gasteiger partial charge in [0, 0.05) is 24.0 Å². The number of halogens is 1. The van der Waals surface area contributed by atoms with E-state index in [1.54, 1.807) is 0 Å². The van der Waals surface area contributed by atoms with Crippen LogP contribution in [0.3, 0.4) is 0 Å². The van der Waals surface area contributed by atoms with Crippen LogP contribution < -0.4 is 5.32 Å². The van der Waals surface area contributed by atoms with Crippen LogP contribution in [0.25, 0.3) is 0 Å². The van der Waals surface area contributed by atoms with Crippen LogP contribution in [0.15, 0.2) is 42.7 Å². The van der Waals surface area contributed by atoms with E-state index in [0.717, 1.165) is 6.20 Å². The summed E-state index contributed by atoms with van der Waals surface area (Å²) in [6, 6.07) is 6.48. The average Bonchev–Trinajstić information content (AvgIpc) is 2.39. The molecule has 0 fully saturated rings. The maximum Gasteiger partial charge on any atom is 0.269 e. The SMILES string of the molecule is O=C(Nc1ccc([N+](=O)[O-])cc1)c1ccncc1F. The van der Waals surface area contributed by atoms with Gasteiger partial charge in [-0.05, 0) is 18.2 Å². The number of carbonyl (C=O) groups is 1. The highest BCUT2D eigenvalue weighted by Crippen LogP contribution is 2.16. The summed E-state index contributed by atoms with van der Waals surface area (Å²) >= 11 is 0. The Morgan fingerprint density at radius 3 is 2.53 bits per heavy atom. The lowest BCUT2D eigenvalue weighted by Crippen LogP contribution is -2.13. The molecule has 19 heavy (non-hydrogen) atoms. The molecule has 96 valence electrons. The molecule has 0 unspecified atom stereocenters. The number of non-ortho nitro benzene ring substituents is 1. The molecule has 1 amide bonds. The summed E-state index contributed by atoms with van der Waals surface area (Å²) in [6.07, 6.45) is 2.23. The third kappa shape index (κ3) is 2.89. The Bertz CT molecular complexity index is 628. The van der Waals surface area contributed by atoms with Crippen LogP contribution in [0.5, 0.6) is 0 Å². The van der Waals surface area contributed by atoms with Crippen molar-refractivity contribution in [2.45, 2.75) is 0 Å². The van der Waals surface area contributed by atoms with Crippen molar-refractivity contribution < 1.29 is 14.1 Å². The number of carbonyl (C=O) groups excluding carboxylic acids is 1.